The summed E-state index contributed by atoms with van der Waals surface area (Å²) in [5.41, 5.74) is 1.74. The molecule has 5 heteroatoms. The third-order valence-electron chi connectivity index (χ3n) is 3.11. The van der Waals surface area contributed by atoms with Gasteiger partial charge < -0.3 is 15.1 Å². The maximum atomic E-state index is 9.64. The number of nitrogens with zero attached hydrogens (tertiary/aromatic N) is 3. The van der Waals surface area contributed by atoms with Crippen molar-refractivity contribution in [3.63, 3.8) is 0 Å². The minimum absolute atomic E-state index is 0.0894. The second-order valence-electron chi connectivity index (χ2n) is 4.65. The number of hydrogen-bond acceptors (Lipinski definition) is 5. The highest BCUT2D eigenvalue weighted by Gasteiger charge is 2.24. The molecule has 1 aromatic rings. The van der Waals surface area contributed by atoms with E-state index in [1.807, 2.05) is 24.0 Å². The minimum atomic E-state index is -0.312. The van der Waals surface area contributed by atoms with Crippen LogP contribution in [0.1, 0.15) is 31.0 Å². The number of hydrogen-bond donors (Lipinski definition) is 2. The quantitative estimate of drug-likeness (QED) is 0.874. The van der Waals surface area contributed by atoms with Gasteiger partial charge in [0.15, 0.2) is 11.6 Å². The SMILES string of the molecule is CCCCN1CC(O)=C(O)N=C1c1ncccc1C. The fraction of sp³-hybridized carbons (Fsp3) is 0.429. The summed E-state index contributed by atoms with van der Waals surface area (Å²) >= 11 is 0. The van der Waals surface area contributed by atoms with Crippen molar-refractivity contribution >= 4 is 5.84 Å². The first-order valence-electron chi connectivity index (χ1n) is 6.50. The van der Waals surface area contributed by atoms with E-state index in [-0.39, 0.29) is 18.2 Å². The van der Waals surface area contributed by atoms with Crippen LogP contribution < -0.4 is 0 Å². The lowest BCUT2D eigenvalue weighted by atomic mass is 10.1. The van der Waals surface area contributed by atoms with Crippen LogP contribution in [0.5, 0.6) is 0 Å². The molecule has 0 aliphatic carbocycles. The first kappa shape index (κ1) is 13.4. The lowest BCUT2D eigenvalue weighted by Crippen LogP contribution is -2.38. The van der Waals surface area contributed by atoms with E-state index in [0.29, 0.717) is 5.84 Å². The van der Waals surface area contributed by atoms with Gasteiger partial charge in [0, 0.05) is 12.7 Å². The van der Waals surface area contributed by atoms with Crippen LogP contribution in [0.3, 0.4) is 0 Å². The maximum absolute atomic E-state index is 9.64. The third-order valence-corrected chi connectivity index (χ3v) is 3.11. The molecule has 19 heavy (non-hydrogen) atoms. The Balaban J connectivity index is 2.37. The van der Waals surface area contributed by atoms with Crippen LogP contribution >= 0.6 is 0 Å². The predicted octanol–water partition coefficient (Wildman–Crippen LogP) is 2.54. The molecule has 0 atom stereocenters. The fourth-order valence-electron chi connectivity index (χ4n) is 2.02. The Morgan fingerprint density at radius 1 is 1.37 bits per heavy atom. The molecular formula is C14H19N3O2. The molecule has 0 aromatic carbocycles. The standard InChI is InChI=1S/C14H19N3O2/c1-3-4-8-17-9-11(18)14(19)16-13(17)12-10(2)6-5-7-15-12/h5-7,18-19H,3-4,8-9H2,1-2H3. The van der Waals surface area contributed by atoms with E-state index in [4.69, 9.17) is 0 Å². The van der Waals surface area contributed by atoms with Crippen molar-refractivity contribution in [3.8, 4) is 0 Å². The number of rotatable bonds is 4. The van der Waals surface area contributed by atoms with Gasteiger partial charge in [0.05, 0.1) is 6.54 Å². The van der Waals surface area contributed by atoms with Gasteiger partial charge in [-0.1, -0.05) is 19.4 Å². The van der Waals surface area contributed by atoms with Gasteiger partial charge in [-0.3, -0.25) is 4.98 Å². The van der Waals surface area contributed by atoms with Gasteiger partial charge in [-0.25, -0.2) is 0 Å². The van der Waals surface area contributed by atoms with E-state index in [1.165, 1.54) is 0 Å². The third kappa shape index (κ3) is 2.86. The highest BCUT2D eigenvalue weighted by Crippen LogP contribution is 2.18. The summed E-state index contributed by atoms with van der Waals surface area (Å²) in [7, 11) is 0. The Bertz CT molecular complexity index is 523. The zero-order valence-electron chi connectivity index (χ0n) is 11.3. The summed E-state index contributed by atoms with van der Waals surface area (Å²) in [5, 5.41) is 19.3. The molecule has 2 heterocycles. The van der Waals surface area contributed by atoms with Crippen molar-refractivity contribution in [2.45, 2.75) is 26.7 Å². The highest BCUT2D eigenvalue weighted by atomic mass is 16.3. The Hall–Kier alpha value is -2.04. The van der Waals surface area contributed by atoms with Gasteiger partial charge in [0.2, 0.25) is 0 Å². The maximum Gasteiger partial charge on any atom is 0.253 e. The van der Waals surface area contributed by atoms with Gasteiger partial charge >= 0.3 is 0 Å². The van der Waals surface area contributed by atoms with E-state index in [9.17, 15) is 10.2 Å². The average Bonchev–Trinajstić information content (AvgIpc) is 2.40. The van der Waals surface area contributed by atoms with Gasteiger partial charge in [-0.2, -0.15) is 4.99 Å². The van der Waals surface area contributed by atoms with Gasteiger partial charge in [0.1, 0.15) is 5.69 Å². The number of unbranched alkanes of at least 4 members (excludes halogenated alkanes) is 1. The number of amidine groups is 1. The molecule has 0 amide bonds. The Morgan fingerprint density at radius 2 is 2.16 bits per heavy atom. The second kappa shape index (κ2) is 5.73. The molecule has 1 aliphatic heterocycles. The van der Waals surface area contributed by atoms with Crippen molar-refractivity contribution in [3.05, 3.63) is 41.2 Å². The van der Waals surface area contributed by atoms with E-state index < -0.39 is 0 Å². The number of pyridine rings is 1. The number of aliphatic hydroxyl groups is 2. The minimum Gasteiger partial charge on any atom is -0.506 e. The molecule has 1 aliphatic rings. The van der Waals surface area contributed by atoms with Crippen molar-refractivity contribution in [1.82, 2.24) is 9.88 Å². The molecule has 2 rings (SSSR count). The molecule has 0 saturated heterocycles. The molecule has 102 valence electrons. The molecule has 0 fully saturated rings. The lowest BCUT2D eigenvalue weighted by Gasteiger charge is -2.28. The van der Waals surface area contributed by atoms with Crippen LogP contribution in [0.25, 0.3) is 0 Å². The van der Waals surface area contributed by atoms with Gasteiger partial charge in [-0.15, -0.1) is 0 Å². The van der Waals surface area contributed by atoms with Crippen LogP contribution in [-0.4, -0.2) is 39.0 Å². The number of aliphatic imine (C=N–C) groups is 1. The van der Waals surface area contributed by atoms with E-state index >= 15 is 0 Å². The van der Waals surface area contributed by atoms with Crippen LogP contribution in [0.4, 0.5) is 0 Å². The fourth-order valence-corrected chi connectivity index (χ4v) is 2.02. The zero-order chi connectivity index (χ0) is 13.8. The number of aliphatic hydroxyl groups excluding tert-OH is 2. The number of aromatic nitrogens is 1. The Kier molecular flexibility index (Phi) is 4.04. The zero-order valence-corrected chi connectivity index (χ0v) is 11.3. The van der Waals surface area contributed by atoms with Gasteiger partial charge in [0.25, 0.3) is 5.88 Å². The topological polar surface area (TPSA) is 69.0 Å². The largest absolute Gasteiger partial charge is 0.506 e. The molecule has 0 unspecified atom stereocenters. The Morgan fingerprint density at radius 3 is 2.84 bits per heavy atom. The van der Waals surface area contributed by atoms with Crippen molar-refractivity contribution in [2.24, 2.45) is 4.99 Å². The molecular weight excluding hydrogens is 242 g/mol. The smallest absolute Gasteiger partial charge is 0.253 e. The molecule has 2 N–H and O–H groups in total. The van der Waals surface area contributed by atoms with E-state index in [0.717, 1.165) is 30.6 Å². The molecule has 5 nitrogen and oxygen atoms in total. The summed E-state index contributed by atoms with van der Waals surface area (Å²) in [6, 6.07) is 3.82. The van der Waals surface area contributed by atoms with Crippen molar-refractivity contribution < 1.29 is 10.2 Å². The van der Waals surface area contributed by atoms with E-state index in [1.54, 1.807) is 6.20 Å². The lowest BCUT2D eigenvalue weighted by molar-refractivity contribution is 0.266. The molecule has 1 aromatic heterocycles. The molecule has 0 bridgehead atoms. The summed E-state index contributed by atoms with van der Waals surface area (Å²) < 4.78 is 0. The summed E-state index contributed by atoms with van der Waals surface area (Å²) in [4.78, 5) is 10.4. The van der Waals surface area contributed by atoms with Crippen LogP contribution in [0.2, 0.25) is 0 Å². The van der Waals surface area contributed by atoms with Crippen LogP contribution in [0, 0.1) is 6.92 Å². The van der Waals surface area contributed by atoms with Gasteiger partial charge in [-0.05, 0) is 25.0 Å². The first-order chi connectivity index (χ1) is 9.13. The second-order valence-corrected chi connectivity index (χ2v) is 4.65. The summed E-state index contributed by atoms with van der Waals surface area (Å²) in [6.45, 7) is 5.13. The normalized spacial score (nSPS) is 15.7. The number of aryl methyl sites for hydroxylation is 1. The Labute approximate surface area is 112 Å². The van der Waals surface area contributed by atoms with Crippen molar-refractivity contribution in [1.29, 1.82) is 0 Å². The van der Waals surface area contributed by atoms with Crippen LogP contribution in [-0.2, 0) is 0 Å². The van der Waals surface area contributed by atoms with Crippen molar-refractivity contribution in [2.75, 3.05) is 13.1 Å². The predicted molar refractivity (Wildman–Crippen MR) is 74.3 cm³/mol. The molecule has 0 spiro atoms. The highest BCUT2D eigenvalue weighted by molar-refractivity contribution is 5.99. The summed E-state index contributed by atoms with van der Waals surface area (Å²) in [5.74, 6) is 0.225. The monoisotopic (exact) mass is 261 g/mol. The average molecular weight is 261 g/mol. The summed E-state index contributed by atoms with van der Waals surface area (Å²) in [6.07, 6.45) is 3.76. The molecule has 0 radical (unpaired) electrons. The van der Waals surface area contributed by atoms with E-state index in [2.05, 4.69) is 16.9 Å². The first-order valence-corrected chi connectivity index (χ1v) is 6.50. The van der Waals surface area contributed by atoms with Crippen LogP contribution in [0.15, 0.2) is 35.0 Å². The molecule has 0 saturated carbocycles.